The van der Waals surface area contributed by atoms with E-state index in [-0.39, 0.29) is 5.92 Å². The lowest BCUT2D eigenvalue weighted by molar-refractivity contribution is -0.180. The Labute approximate surface area is 155 Å². The zero-order valence-electron chi connectivity index (χ0n) is 16.5. The fourth-order valence-electron chi connectivity index (χ4n) is 2.32. The summed E-state index contributed by atoms with van der Waals surface area (Å²) in [5.74, 6) is -1.05. The molecule has 1 aliphatic carbocycles. The molecule has 1 unspecified atom stereocenters. The lowest BCUT2D eigenvalue weighted by atomic mass is 9.89. The Morgan fingerprint density at radius 1 is 1.15 bits per heavy atom. The molecule has 0 saturated heterocycles. The second-order valence-electron chi connectivity index (χ2n) is 7.55. The van der Waals surface area contributed by atoms with Crippen LogP contribution in [-0.4, -0.2) is 41.5 Å². The number of esters is 1. The van der Waals surface area contributed by atoms with Crippen molar-refractivity contribution in [3.05, 3.63) is 0 Å². The van der Waals surface area contributed by atoms with Gasteiger partial charge in [0.05, 0.1) is 0 Å². The van der Waals surface area contributed by atoms with Gasteiger partial charge < -0.3 is 25.6 Å². The quantitative estimate of drug-likeness (QED) is 0.481. The summed E-state index contributed by atoms with van der Waals surface area (Å²) in [4.78, 5) is 32.7. The molecule has 1 aliphatic rings. The van der Waals surface area contributed by atoms with E-state index < -0.39 is 29.9 Å². The lowest BCUT2D eigenvalue weighted by Crippen LogP contribution is -2.46. The third-order valence-electron chi connectivity index (χ3n) is 3.78. The third kappa shape index (κ3) is 11.7. The number of carbonyl (C=O) groups excluding carboxylic acids is 2. The molecule has 0 aliphatic heterocycles. The van der Waals surface area contributed by atoms with Gasteiger partial charge >= 0.3 is 12.1 Å². The Kier molecular flexibility index (Phi) is 10.9. The number of ether oxygens (including phenoxy) is 2. The molecule has 1 fully saturated rings. The van der Waals surface area contributed by atoms with Crippen molar-refractivity contribution in [2.45, 2.75) is 78.6 Å². The molecule has 26 heavy (non-hydrogen) atoms. The molecule has 1 atom stereocenters. The van der Waals surface area contributed by atoms with Crippen LogP contribution in [0.4, 0.5) is 4.79 Å². The highest BCUT2D eigenvalue weighted by Gasteiger charge is 2.30. The van der Waals surface area contributed by atoms with Crippen LogP contribution >= 0.6 is 0 Å². The summed E-state index contributed by atoms with van der Waals surface area (Å²) in [6.45, 7) is 8.43. The summed E-state index contributed by atoms with van der Waals surface area (Å²) >= 11 is 0. The maximum absolute atomic E-state index is 11.9. The highest BCUT2D eigenvalue weighted by molar-refractivity contribution is 5.79. The number of amides is 1. The van der Waals surface area contributed by atoms with Crippen LogP contribution < -0.4 is 11.1 Å². The van der Waals surface area contributed by atoms with Crippen LogP contribution in [0.15, 0.2) is 0 Å². The molecular formula is C18H34N2O6. The van der Waals surface area contributed by atoms with E-state index in [2.05, 4.69) is 5.32 Å². The van der Waals surface area contributed by atoms with E-state index >= 15 is 0 Å². The van der Waals surface area contributed by atoms with Crippen LogP contribution in [0.25, 0.3) is 0 Å². The Hall–Kier alpha value is -1.83. The van der Waals surface area contributed by atoms with Crippen molar-refractivity contribution >= 4 is 18.0 Å². The second-order valence-corrected chi connectivity index (χ2v) is 7.55. The molecule has 0 aromatic carbocycles. The normalized spacial score (nSPS) is 16.1. The maximum Gasteiger partial charge on any atom is 0.410 e. The van der Waals surface area contributed by atoms with Gasteiger partial charge in [-0.25, -0.2) is 9.59 Å². The minimum atomic E-state index is -1.12. The Balaban J connectivity index is 0.00000141. The molecular weight excluding hydrogens is 340 g/mol. The SMILES string of the molecule is CC(=O)O.CC(C)C(OC(=O)NCC1CCCCC1)OC(=O)C(C)(C)N. The van der Waals surface area contributed by atoms with Gasteiger partial charge in [0.25, 0.3) is 12.3 Å². The van der Waals surface area contributed by atoms with E-state index in [1.54, 1.807) is 13.8 Å². The van der Waals surface area contributed by atoms with Gasteiger partial charge in [0.15, 0.2) is 0 Å². The first-order valence-electron chi connectivity index (χ1n) is 9.07. The fraction of sp³-hybridized carbons (Fsp3) is 0.833. The first-order valence-corrected chi connectivity index (χ1v) is 9.07. The number of alkyl carbamates (subject to hydrolysis) is 1. The molecule has 0 spiro atoms. The smallest absolute Gasteiger partial charge is 0.410 e. The molecule has 1 amide bonds. The molecule has 4 N–H and O–H groups in total. The number of carbonyl (C=O) groups is 3. The van der Waals surface area contributed by atoms with Crippen molar-refractivity contribution in [3.63, 3.8) is 0 Å². The first-order chi connectivity index (χ1) is 11.9. The van der Waals surface area contributed by atoms with Gasteiger partial charge in [-0.2, -0.15) is 0 Å². The van der Waals surface area contributed by atoms with E-state index in [4.69, 9.17) is 25.1 Å². The van der Waals surface area contributed by atoms with E-state index in [9.17, 15) is 9.59 Å². The van der Waals surface area contributed by atoms with Crippen molar-refractivity contribution in [1.29, 1.82) is 0 Å². The van der Waals surface area contributed by atoms with Gasteiger partial charge in [-0.15, -0.1) is 0 Å². The number of aliphatic carboxylic acids is 1. The van der Waals surface area contributed by atoms with Crippen LogP contribution in [-0.2, 0) is 19.1 Å². The predicted molar refractivity (Wildman–Crippen MR) is 97.4 cm³/mol. The van der Waals surface area contributed by atoms with Crippen molar-refractivity contribution in [2.75, 3.05) is 6.54 Å². The van der Waals surface area contributed by atoms with Crippen molar-refractivity contribution in [3.8, 4) is 0 Å². The van der Waals surface area contributed by atoms with Crippen LogP contribution in [0, 0.1) is 11.8 Å². The summed E-state index contributed by atoms with van der Waals surface area (Å²) in [5.41, 5.74) is 4.57. The number of hydrogen-bond acceptors (Lipinski definition) is 6. The minimum Gasteiger partial charge on any atom is -0.481 e. The number of nitrogens with two attached hydrogens (primary N) is 1. The molecule has 0 bridgehead atoms. The van der Waals surface area contributed by atoms with Crippen LogP contribution in [0.2, 0.25) is 0 Å². The molecule has 0 aromatic heterocycles. The predicted octanol–water partition coefficient (Wildman–Crippen LogP) is 2.65. The highest BCUT2D eigenvalue weighted by atomic mass is 16.7. The topological polar surface area (TPSA) is 128 Å². The van der Waals surface area contributed by atoms with E-state index in [1.807, 2.05) is 13.8 Å². The maximum atomic E-state index is 11.9. The van der Waals surface area contributed by atoms with Crippen LogP contribution in [0.1, 0.15) is 66.7 Å². The van der Waals surface area contributed by atoms with Crippen LogP contribution in [0.5, 0.6) is 0 Å². The average molecular weight is 374 g/mol. The molecule has 8 nitrogen and oxygen atoms in total. The number of rotatable bonds is 6. The van der Waals surface area contributed by atoms with E-state index in [1.165, 1.54) is 19.3 Å². The summed E-state index contributed by atoms with van der Waals surface area (Å²) in [5, 5.41) is 10.2. The molecule has 1 rings (SSSR count). The molecule has 0 aromatic rings. The van der Waals surface area contributed by atoms with Crippen LogP contribution in [0.3, 0.4) is 0 Å². The summed E-state index contributed by atoms with van der Waals surface area (Å²) in [6, 6.07) is 0. The van der Waals surface area contributed by atoms with Crippen molar-refractivity contribution in [1.82, 2.24) is 5.32 Å². The molecule has 8 heteroatoms. The summed E-state index contributed by atoms with van der Waals surface area (Å²) in [6.07, 6.45) is 4.53. The van der Waals surface area contributed by atoms with Gasteiger partial charge in [0, 0.05) is 19.4 Å². The standard InChI is InChI=1S/C16H30N2O4.C2H4O2/c1-11(2)13(21-14(19)16(3,4)17)22-15(20)18-10-12-8-6-5-7-9-12;1-2(3)4/h11-13H,5-10,17H2,1-4H3,(H,18,20);1H3,(H,3,4). The van der Waals surface area contributed by atoms with Gasteiger partial charge in [0.2, 0.25) is 0 Å². The minimum absolute atomic E-state index is 0.147. The van der Waals surface area contributed by atoms with Gasteiger partial charge in [0.1, 0.15) is 5.54 Å². The molecule has 1 saturated carbocycles. The Morgan fingerprint density at radius 2 is 1.65 bits per heavy atom. The van der Waals surface area contributed by atoms with E-state index in [0.29, 0.717) is 12.5 Å². The largest absolute Gasteiger partial charge is 0.481 e. The summed E-state index contributed by atoms with van der Waals surface area (Å²) in [7, 11) is 0. The highest BCUT2D eigenvalue weighted by Crippen LogP contribution is 2.22. The second kappa shape index (κ2) is 11.7. The van der Waals surface area contributed by atoms with Gasteiger partial charge in [-0.3, -0.25) is 4.79 Å². The summed E-state index contributed by atoms with van der Waals surface area (Å²) < 4.78 is 10.4. The zero-order chi connectivity index (χ0) is 20.3. The average Bonchev–Trinajstić information content (AvgIpc) is 2.51. The molecule has 0 radical (unpaired) electrons. The number of hydrogen-bond donors (Lipinski definition) is 3. The molecule has 0 heterocycles. The number of carboxylic acids is 1. The fourth-order valence-corrected chi connectivity index (χ4v) is 2.32. The Bertz CT molecular complexity index is 449. The molecule has 152 valence electrons. The Morgan fingerprint density at radius 3 is 2.08 bits per heavy atom. The lowest BCUT2D eigenvalue weighted by Gasteiger charge is -2.26. The van der Waals surface area contributed by atoms with Crippen molar-refractivity contribution < 1.29 is 29.0 Å². The first kappa shape index (κ1) is 24.2. The van der Waals surface area contributed by atoms with Gasteiger partial charge in [-0.1, -0.05) is 33.1 Å². The number of nitrogens with one attached hydrogen (secondary N) is 1. The van der Waals surface area contributed by atoms with Crippen molar-refractivity contribution in [2.24, 2.45) is 17.6 Å². The zero-order valence-corrected chi connectivity index (χ0v) is 16.5. The van der Waals surface area contributed by atoms with Gasteiger partial charge in [-0.05, 0) is 32.6 Å². The van der Waals surface area contributed by atoms with E-state index in [0.717, 1.165) is 19.8 Å². The third-order valence-corrected chi connectivity index (χ3v) is 3.78. The number of carboxylic acid groups (broad SMARTS) is 1. The monoisotopic (exact) mass is 374 g/mol.